The highest BCUT2D eigenvalue weighted by atomic mass is 16.5. The Balaban J connectivity index is 1.42. The first kappa shape index (κ1) is 15.8. The molecule has 0 aliphatic carbocycles. The summed E-state index contributed by atoms with van der Waals surface area (Å²) in [6.07, 6.45) is 7.07. The number of aromatic nitrogens is 3. The van der Waals surface area contributed by atoms with Crippen LogP contribution in [0.1, 0.15) is 39.3 Å². The van der Waals surface area contributed by atoms with E-state index in [0.29, 0.717) is 12.2 Å². The Morgan fingerprint density at radius 1 is 1.25 bits per heavy atom. The predicted molar refractivity (Wildman–Crippen MR) is 94.5 cm³/mol. The minimum Gasteiger partial charge on any atom is -0.372 e. The van der Waals surface area contributed by atoms with Gasteiger partial charge in [0.25, 0.3) is 0 Å². The monoisotopic (exact) mass is 329 g/mol. The highest BCUT2D eigenvalue weighted by molar-refractivity contribution is 5.68. The van der Waals surface area contributed by atoms with Crippen molar-refractivity contribution in [3.05, 3.63) is 24.2 Å². The molecule has 4 heterocycles. The summed E-state index contributed by atoms with van der Waals surface area (Å²) in [4.78, 5) is 7.02. The van der Waals surface area contributed by atoms with Crippen LogP contribution < -0.4 is 5.32 Å². The van der Waals surface area contributed by atoms with Crippen molar-refractivity contribution in [1.82, 2.24) is 19.5 Å². The Bertz CT molecular complexity index is 708. The summed E-state index contributed by atoms with van der Waals surface area (Å²) in [6.45, 7) is 10.6. The molecule has 2 aliphatic rings. The number of hydrogen-bond donors (Lipinski definition) is 1. The number of morpholine rings is 1. The molecule has 6 heteroatoms. The van der Waals surface area contributed by atoms with Gasteiger partial charge in [0.15, 0.2) is 5.82 Å². The van der Waals surface area contributed by atoms with Gasteiger partial charge in [0, 0.05) is 44.0 Å². The van der Waals surface area contributed by atoms with E-state index in [2.05, 4.69) is 47.1 Å². The normalized spacial score (nSPS) is 24.6. The molecule has 0 radical (unpaired) electrons. The molecule has 2 aliphatic heterocycles. The second-order valence-corrected chi connectivity index (χ2v) is 8.03. The van der Waals surface area contributed by atoms with E-state index in [1.165, 1.54) is 12.8 Å². The third-order valence-electron chi connectivity index (χ3n) is 5.00. The molecule has 2 atom stereocenters. The van der Waals surface area contributed by atoms with Crippen molar-refractivity contribution >= 4 is 11.3 Å². The fourth-order valence-electron chi connectivity index (χ4n) is 3.64. The molecule has 4 rings (SSSR count). The number of nitrogens with zero attached hydrogens (tertiary/aromatic N) is 4. The van der Waals surface area contributed by atoms with Crippen molar-refractivity contribution < 1.29 is 4.74 Å². The Kier molecular flexibility index (Phi) is 3.96. The van der Waals surface area contributed by atoms with Gasteiger partial charge in [-0.3, -0.25) is 4.90 Å². The molecule has 2 bridgehead atoms. The van der Waals surface area contributed by atoms with Crippen LogP contribution in [0.25, 0.3) is 5.52 Å². The minimum absolute atomic E-state index is 0.0381. The Hall–Kier alpha value is -1.66. The van der Waals surface area contributed by atoms with Gasteiger partial charge >= 0.3 is 0 Å². The first-order valence-electron chi connectivity index (χ1n) is 8.95. The van der Waals surface area contributed by atoms with Gasteiger partial charge in [-0.15, -0.1) is 0 Å². The fraction of sp³-hybridized carbons (Fsp3) is 0.667. The van der Waals surface area contributed by atoms with E-state index < -0.39 is 0 Å². The largest absolute Gasteiger partial charge is 0.372 e. The zero-order valence-corrected chi connectivity index (χ0v) is 14.8. The van der Waals surface area contributed by atoms with Crippen LogP contribution in [-0.4, -0.2) is 57.9 Å². The van der Waals surface area contributed by atoms with Crippen LogP contribution in [-0.2, 0) is 10.2 Å². The molecule has 2 aromatic heterocycles. The molecular formula is C18H27N5O. The minimum atomic E-state index is 0.0381. The third kappa shape index (κ3) is 3.13. The second kappa shape index (κ2) is 6.01. The molecule has 0 spiro atoms. The van der Waals surface area contributed by atoms with Gasteiger partial charge < -0.3 is 10.1 Å². The number of likely N-dealkylation sites (tertiary alicyclic amines) is 1. The predicted octanol–water partition coefficient (Wildman–Crippen LogP) is 2.30. The van der Waals surface area contributed by atoms with E-state index in [0.717, 1.165) is 43.2 Å². The first-order valence-corrected chi connectivity index (χ1v) is 8.95. The number of hydrogen-bond acceptors (Lipinski definition) is 5. The molecular weight excluding hydrogens is 302 g/mol. The van der Waals surface area contributed by atoms with Crippen LogP contribution in [0.3, 0.4) is 0 Å². The molecule has 2 saturated heterocycles. The molecule has 0 saturated carbocycles. The lowest BCUT2D eigenvalue weighted by molar-refractivity contribution is -0.0368. The lowest BCUT2D eigenvalue weighted by Crippen LogP contribution is -2.44. The average Bonchev–Trinajstić information content (AvgIpc) is 3.11. The van der Waals surface area contributed by atoms with Crippen molar-refractivity contribution in [2.75, 3.05) is 31.5 Å². The first-order chi connectivity index (χ1) is 11.5. The van der Waals surface area contributed by atoms with Crippen LogP contribution in [0, 0.1) is 0 Å². The standard InChI is InChI=1S/C18H27N5O/c1-18(2,3)16-10-15-17(20-7-9-23(15)21-16)19-6-8-22-11-13-4-5-14(12-22)24-13/h7,9-10,13-14H,4-6,8,11-12H2,1-3H3,(H,19,20). The van der Waals surface area contributed by atoms with Crippen LogP contribution in [0.15, 0.2) is 18.5 Å². The van der Waals surface area contributed by atoms with E-state index in [9.17, 15) is 0 Å². The zero-order chi connectivity index (χ0) is 16.7. The summed E-state index contributed by atoms with van der Waals surface area (Å²) in [7, 11) is 0. The van der Waals surface area contributed by atoms with E-state index in [-0.39, 0.29) is 5.41 Å². The Morgan fingerprint density at radius 3 is 2.71 bits per heavy atom. The van der Waals surface area contributed by atoms with Gasteiger partial charge in [0.1, 0.15) is 5.52 Å². The van der Waals surface area contributed by atoms with Crippen LogP contribution >= 0.6 is 0 Å². The Labute approximate surface area is 143 Å². The van der Waals surface area contributed by atoms with Crippen LogP contribution in [0.4, 0.5) is 5.82 Å². The molecule has 6 nitrogen and oxygen atoms in total. The summed E-state index contributed by atoms with van der Waals surface area (Å²) < 4.78 is 7.82. The highest BCUT2D eigenvalue weighted by Gasteiger charge is 2.33. The maximum absolute atomic E-state index is 5.90. The number of fused-ring (bicyclic) bond motifs is 3. The quantitative estimate of drug-likeness (QED) is 0.933. The van der Waals surface area contributed by atoms with E-state index in [4.69, 9.17) is 4.74 Å². The van der Waals surface area contributed by atoms with Gasteiger partial charge in [0.05, 0.1) is 17.9 Å². The summed E-state index contributed by atoms with van der Waals surface area (Å²) in [5.74, 6) is 0.914. The average molecular weight is 329 g/mol. The SMILES string of the molecule is CC(C)(C)c1cc2c(NCCN3CC4CCC(C3)O4)nccn2n1. The van der Waals surface area contributed by atoms with Crippen molar-refractivity contribution in [2.45, 2.75) is 51.2 Å². The lowest BCUT2D eigenvalue weighted by Gasteiger charge is -2.32. The molecule has 0 aromatic carbocycles. The highest BCUT2D eigenvalue weighted by Crippen LogP contribution is 2.26. The molecule has 24 heavy (non-hydrogen) atoms. The maximum atomic E-state index is 5.90. The van der Waals surface area contributed by atoms with Crippen molar-refractivity contribution in [2.24, 2.45) is 0 Å². The molecule has 130 valence electrons. The lowest BCUT2D eigenvalue weighted by atomic mass is 9.92. The van der Waals surface area contributed by atoms with Crippen molar-refractivity contribution in [3.63, 3.8) is 0 Å². The topological polar surface area (TPSA) is 54.7 Å². The third-order valence-corrected chi connectivity index (χ3v) is 5.00. The van der Waals surface area contributed by atoms with Gasteiger partial charge in [0.2, 0.25) is 0 Å². The summed E-state index contributed by atoms with van der Waals surface area (Å²) in [5.41, 5.74) is 2.17. The fourth-order valence-corrected chi connectivity index (χ4v) is 3.64. The van der Waals surface area contributed by atoms with Gasteiger partial charge in [-0.2, -0.15) is 5.10 Å². The van der Waals surface area contributed by atoms with Crippen molar-refractivity contribution in [1.29, 1.82) is 0 Å². The zero-order valence-electron chi connectivity index (χ0n) is 14.8. The number of ether oxygens (including phenoxy) is 1. The van der Waals surface area contributed by atoms with Gasteiger partial charge in [-0.25, -0.2) is 9.50 Å². The van der Waals surface area contributed by atoms with Gasteiger partial charge in [-0.05, 0) is 18.9 Å². The van der Waals surface area contributed by atoms with Crippen LogP contribution in [0.5, 0.6) is 0 Å². The maximum Gasteiger partial charge on any atom is 0.152 e. The van der Waals surface area contributed by atoms with Gasteiger partial charge in [-0.1, -0.05) is 20.8 Å². The molecule has 0 amide bonds. The number of anilines is 1. The molecule has 2 aromatic rings. The summed E-state index contributed by atoms with van der Waals surface area (Å²) >= 11 is 0. The number of nitrogens with one attached hydrogen (secondary N) is 1. The molecule has 2 unspecified atom stereocenters. The smallest absolute Gasteiger partial charge is 0.152 e. The molecule has 2 fully saturated rings. The summed E-state index contributed by atoms with van der Waals surface area (Å²) in [6, 6.07) is 2.14. The van der Waals surface area contributed by atoms with Crippen molar-refractivity contribution in [3.8, 4) is 0 Å². The van der Waals surface area contributed by atoms with Crippen LogP contribution in [0.2, 0.25) is 0 Å². The second-order valence-electron chi connectivity index (χ2n) is 8.03. The van der Waals surface area contributed by atoms with E-state index in [1.54, 1.807) is 0 Å². The van der Waals surface area contributed by atoms with E-state index >= 15 is 0 Å². The molecule has 1 N–H and O–H groups in total. The Morgan fingerprint density at radius 2 is 2.00 bits per heavy atom. The summed E-state index contributed by atoms with van der Waals surface area (Å²) in [5, 5.41) is 8.18. The number of rotatable bonds is 4. The van der Waals surface area contributed by atoms with E-state index in [1.807, 2.05) is 16.9 Å².